The first-order valence-corrected chi connectivity index (χ1v) is 5.90. The van der Waals surface area contributed by atoms with Crippen molar-refractivity contribution in [2.45, 2.75) is 19.4 Å². The number of para-hydroxylation sites is 1. The van der Waals surface area contributed by atoms with Crippen LogP contribution in [-0.4, -0.2) is 30.0 Å². The average molecular weight is 258 g/mol. The number of ether oxygens (including phenoxy) is 1. The van der Waals surface area contributed by atoms with Crippen LogP contribution in [0.3, 0.4) is 0 Å². The first-order chi connectivity index (χ1) is 8.13. The van der Waals surface area contributed by atoms with E-state index in [-0.39, 0.29) is 29.0 Å². The van der Waals surface area contributed by atoms with E-state index in [1.807, 2.05) is 6.92 Å². The first-order valence-electron chi connectivity index (χ1n) is 5.36. The number of carbonyl (C=O) groups is 1. The molecule has 1 amide bonds. The van der Waals surface area contributed by atoms with Gasteiger partial charge in [0.25, 0.3) is 5.91 Å². The third-order valence-corrected chi connectivity index (χ3v) is 2.85. The van der Waals surface area contributed by atoms with Crippen molar-refractivity contribution in [2.75, 3.05) is 13.0 Å². The van der Waals surface area contributed by atoms with Gasteiger partial charge in [0, 0.05) is 11.9 Å². The van der Waals surface area contributed by atoms with Crippen LogP contribution in [0.5, 0.6) is 11.5 Å². The maximum absolute atomic E-state index is 11.9. The molecular weight excluding hydrogens is 242 g/mol. The van der Waals surface area contributed by atoms with Gasteiger partial charge in [-0.3, -0.25) is 4.79 Å². The molecule has 94 valence electrons. The summed E-state index contributed by atoms with van der Waals surface area (Å²) in [5.74, 6) is 0.106. The van der Waals surface area contributed by atoms with Crippen LogP contribution in [0.15, 0.2) is 18.2 Å². The number of hydrogen-bond donors (Lipinski definition) is 2. The van der Waals surface area contributed by atoms with Gasteiger partial charge in [0.1, 0.15) is 0 Å². The Balaban J connectivity index is 2.89. The molecule has 4 nitrogen and oxygen atoms in total. The van der Waals surface area contributed by atoms with E-state index in [1.165, 1.54) is 13.2 Å². The predicted molar refractivity (Wildman–Crippen MR) is 66.9 cm³/mol. The Morgan fingerprint density at radius 2 is 2.29 bits per heavy atom. The number of rotatable bonds is 5. The summed E-state index contributed by atoms with van der Waals surface area (Å²) >= 11 is 5.70. The maximum atomic E-state index is 11.9. The molecule has 17 heavy (non-hydrogen) atoms. The smallest absolute Gasteiger partial charge is 0.255 e. The Bertz CT molecular complexity index is 391. The molecule has 0 aliphatic rings. The Morgan fingerprint density at radius 1 is 1.59 bits per heavy atom. The number of hydrogen-bond acceptors (Lipinski definition) is 3. The van der Waals surface area contributed by atoms with Crippen molar-refractivity contribution in [3.05, 3.63) is 23.8 Å². The molecule has 0 saturated carbocycles. The number of aromatic hydroxyl groups is 1. The van der Waals surface area contributed by atoms with Gasteiger partial charge in [0.15, 0.2) is 11.5 Å². The van der Waals surface area contributed by atoms with Crippen molar-refractivity contribution in [2.24, 2.45) is 0 Å². The molecule has 0 bridgehead atoms. The maximum Gasteiger partial charge on any atom is 0.255 e. The molecule has 0 saturated heterocycles. The Kier molecular flexibility index (Phi) is 5.10. The van der Waals surface area contributed by atoms with Crippen LogP contribution in [0, 0.1) is 0 Å². The average Bonchev–Trinajstić information content (AvgIpc) is 2.35. The molecule has 1 aromatic rings. The predicted octanol–water partition coefficient (Wildman–Crippen LogP) is 2.15. The van der Waals surface area contributed by atoms with Crippen LogP contribution < -0.4 is 10.1 Å². The lowest BCUT2D eigenvalue weighted by Gasteiger charge is -2.15. The van der Waals surface area contributed by atoms with Crippen molar-refractivity contribution in [1.82, 2.24) is 5.32 Å². The number of phenols is 1. The second-order valence-corrected chi connectivity index (χ2v) is 3.90. The van der Waals surface area contributed by atoms with Crippen molar-refractivity contribution in [3.8, 4) is 11.5 Å². The Morgan fingerprint density at radius 3 is 2.82 bits per heavy atom. The van der Waals surface area contributed by atoms with Crippen LogP contribution in [0.1, 0.15) is 23.7 Å². The van der Waals surface area contributed by atoms with Crippen molar-refractivity contribution in [1.29, 1.82) is 0 Å². The van der Waals surface area contributed by atoms with Gasteiger partial charge >= 0.3 is 0 Å². The van der Waals surface area contributed by atoms with E-state index >= 15 is 0 Å². The second kappa shape index (κ2) is 6.35. The molecular formula is C12H16ClNO3. The van der Waals surface area contributed by atoms with Crippen molar-refractivity contribution >= 4 is 17.5 Å². The molecule has 0 aliphatic carbocycles. The third-order valence-electron chi connectivity index (χ3n) is 2.48. The molecule has 1 atom stereocenters. The number of methoxy groups -OCH3 is 1. The lowest BCUT2D eigenvalue weighted by molar-refractivity contribution is 0.0936. The van der Waals surface area contributed by atoms with Crippen molar-refractivity contribution in [3.63, 3.8) is 0 Å². The summed E-state index contributed by atoms with van der Waals surface area (Å²) in [6.45, 7) is 1.93. The zero-order valence-electron chi connectivity index (χ0n) is 9.87. The molecule has 0 radical (unpaired) electrons. The highest BCUT2D eigenvalue weighted by atomic mass is 35.5. The number of phenolic OH excluding ortho intramolecular Hbond substituents is 1. The molecule has 1 rings (SSSR count). The van der Waals surface area contributed by atoms with Gasteiger partial charge in [0.2, 0.25) is 0 Å². The molecule has 5 heteroatoms. The minimum atomic E-state index is -0.353. The van der Waals surface area contributed by atoms with E-state index < -0.39 is 0 Å². The summed E-state index contributed by atoms with van der Waals surface area (Å²) in [4.78, 5) is 11.9. The fourth-order valence-electron chi connectivity index (χ4n) is 1.38. The lowest BCUT2D eigenvalue weighted by Crippen LogP contribution is -2.35. The first kappa shape index (κ1) is 13.6. The fraction of sp³-hybridized carbons (Fsp3) is 0.417. The zero-order chi connectivity index (χ0) is 12.8. The lowest BCUT2D eigenvalue weighted by atomic mass is 10.1. The van der Waals surface area contributed by atoms with Crippen LogP contribution in [0.4, 0.5) is 0 Å². The number of halogens is 1. The molecule has 1 aromatic carbocycles. The van der Waals surface area contributed by atoms with Gasteiger partial charge in [-0.15, -0.1) is 11.6 Å². The monoisotopic (exact) mass is 257 g/mol. The van der Waals surface area contributed by atoms with Gasteiger partial charge < -0.3 is 15.2 Å². The SMILES string of the molecule is CCC(CCl)NC(=O)c1cccc(OC)c1O. The number of benzene rings is 1. The van der Waals surface area contributed by atoms with E-state index in [1.54, 1.807) is 12.1 Å². The number of nitrogens with one attached hydrogen (secondary N) is 1. The number of carbonyl (C=O) groups excluding carboxylic acids is 1. The standard InChI is InChI=1S/C12H16ClNO3/c1-3-8(7-13)14-12(16)9-5-4-6-10(17-2)11(9)15/h4-6,8,15H,3,7H2,1-2H3,(H,14,16). The number of amides is 1. The molecule has 1 unspecified atom stereocenters. The summed E-state index contributed by atoms with van der Waals surface area (Å²) < 4.78 is 4.94. The van der Waals surface area contributed by atoms with Gasteiger partial charge in [-0.05, 0) is 18.6 Å². The van der Waals surface area contributed by atoms with Crippen LogP contribution in [0.25, 0.3) is 0 Å². The topological polar surface area (TPSA) is 58.6 Å². The minimum Gasteiger partial charge on any atom is -0.504 e. The van der Waals surface area contributed by atoms with E-state index in [0.717, 1.165) is 6.42 Å². The normalized spacial score (nSPS) is 11.9. The Labute approximate surface area is 106 Å². The second-order valence-electron chi connectivity index (χ2n) is 3.59. The highest BCUT2D eigenvalue weighted by molar-refractivity contribution is 6.18. The highest BCUT2D eigenvalue weighted by Gasteiger charge is 2.17. The molecule has 0 aliphatic heterocycles. The summed E-state index contributed by atoms with van der Waals surface area (Å²) in [5, 5.41) is 12.5. The summed E-state index contributed by atoms with van der Waals surface area (Å²) in [6, 6.07) is 4.67. The highest BCUT2D eigenvalue weighted by Crippen LogP contribution is 2.29. The van der Waals surface area contributed by atoms with Crippen LogP contribution >= 0.6 is 11.6 Å². The largest absolute Gasteiger partial charge is 0.504 e. The Hall–Kier alpha value is -1.42. The fourth-order valence-corrected chi connectivity index (χ4v) is 1.68. The summed E-state index contributed by atoms with van der Waals surface area (Å²) in [6.07, 6.45) is 0.736. The summed E-state index contributed by atoms with van der Waals surface area (Å²) in [7, 11) is 1.43. The van der Waals surface area contributed by atoms with E-state index in [0.29, 0.717) is 5.88 Å². The van der Waals surface area contributed by atoms with Gasteiger partial charge in [-0.2, -0.15) is 0 Å². The van der Waals surface area contributed by atoms with Gasteiger partial charge in [-0.1, -0.05) is 13.0 Å². The molecule has 0 fully saturated rings. The van der Waals surface area contributed by atoms with Crippen molar-refractivity contribution < 1.29 is 14.6 Å². The number of alkyl halides is 1. The van der Waals surface area contributed by atoms with Gasteiger partial charge in [-0.25, -0.2) is 0 Å². The third kappa shape index (κ3) is 3.27. The van der Waals surface area contributed by atoms with E-state index in [4.69, 9.17) is 16.3 Å². The zero-order valence-corrected chi connectivity index (χ0v) is 10.6. The molecule has 2 N–H and O–H groups in total. The van der Waals surface area contributed by atoms with E-state index in [2.05, 4.69) is 5.32 Å². The molecule has 0 heterocycles. The minimum absolute atomic E-state index is 0.102. The van der Waals surface area contributed by atoms with Crippen LogP contribution in [-0.2, 0) is 0 Å². The van der Waals surface area contributed by atoms with Gasteiger partial charge in [0.05, 0.1) is 12.7 Å². The quantitative estimate of drug-likeness (QED) is 0.795. The van der Waals surface area contributed by atoms with E-state index in [9.17, 15) is 9.90 Å². The molecule has 0 spiro atoms. The summed E-state index contributed by atoms with van der Waals surface area (Å²) in [5.41, 5.74) is 0.188. The van der Waals surface area contributed by atoms with Crippen LogP contribution in [0.2, 0.25) is 0 Å². The molecule has 0 aromatic heterocycles.